The zero-order valence-electron chi connectivity index (χ0n) is 22.9. The molecule has 5 rings (SSSR count). The van der Waals surface area contributed by atoms with E-state index in [4.69, 9.17) is 9.47 Å². The summed E-state index contributed by atoms with van der Waals surface area (Å²) in [6.07, 6.45) is 0.898. The summed E-state index contributed by atoms with van der Waals surface area (Å²) < 4.78 is 11.8. The fraction of sp³-hybridized carbons (Fsp3) is 0.235. The molecule has 0 aliphatic carbocycles. The molecule has 0 N–H and O–H groups in total. The van der Waals surface area contributed by atoms with E-state index in [1.54, 1.807) is 23.9 Å². The van der Waals surface area contributed by atoms with Crippen molar-refractivity contribution in [3.63, 3.8) is 0 Å². The van der Waals surface area contributed by atoms with Crippen molar-refractivity contribution in [3.05, 3.63) is 131 Å². The Morgan fingerprint density at radius 1 is 0.500 bits per heavy atom. The van der Waals surface area contributed by atoms with Crippen LogP contribution in [-0.4, -0.2) is 47.8 Å². The number of rotatable bonds is 10. The van der Waals surface area contributed by atoms with Crippen LogP contribution in [0.3, 0.4) is 0 Å². The Kier molecular flexibility index (Phi) is 8.45. The zero-order chi connectivity index (χ0) is 27.9. The maximum Gasteiger partial charge on any atom is 0.246 e. The van der Waals surface area contributed by atoms with Crippen LogP contribution >= 0.6 is 0 Å². The molecule has 0 spiro atoms. The van der Waals surface area contributed by atoms with Gasteiger partial charge in [0.05, 0.1) is 0 Å². The molecule has 6 nitrogen and oxygen atoms in total. The highest BCUT2D eigenvalue weighted by Crippen LogP contribution is 2.24. The van der Waals surface area contributed by atoms with E-state index < -0.39 is 12.1 Å². The number of carbonyl (C=O) groups is 2. The lowest BCUT2D eigenvalue weighted by molar-refractivity contribution is -0.158. The molecule has 2 amide bonds. The van der Waals surface area contributed by atoms with Crippen molar-refractivity contribution in [1.29, 1.82) is 0 Å². The van der Waals surface area contributed by atoms with Crippen LogP contribution in [0.15, 0.2) is 109 Å². The third kappa shape index (κ3) is 6.52. The summed E-state index contributed by atoms with van der Waals surface area (Å²) in [5.74, 6) is 1.42. The molecule has 0 bridgehead atoms. The number of hydrogen-bond acceptors (Lipinski definition) is 4. The Hall–Kier alpha value is -4.58. The number of nitrogens with zero attached hydrogens (tertiary/aromatic N) is 2. The Morgan fingerprint density at radius 2 is 0.850 bits per heavy atom. The lowest BCUT2D eigenvalue weighted by Crippen LogP contribution is -2.63. The van der Waals surface area contributed by atoms with E-state index in [0.717, 1.165) is 33.8 Å². The summed E-state index contributed by atoms with van der Waals surface area (Å²) >= 11 is 0. The Bertz CT molecular complexity index is 1300. The second-order valence-corrected chi connectivity index (χ2v) is 10.2. The van der Waals surface area contributed by atoms with E-state index in [0.29, 0.717) is 26.1 Å². The highest BCUT2D eigenvalue weighted by Gasteiger charge is 2.42. The summed E-state index contributed by atoms with van der Waals surface area (Å²) in [6, 6.07) is 34.4. The maximum atomic E-state index is 13.4. The van der Waals surface area contributed by atoms with Gasteiger partial charge >= 0.3 is 0 Å². The maximum absolute atomic E-state index is 13.4. The molecule has 0 unspecified atom stereocenters. The van der Waals surface area contributed by atoms with Crippen LogP contribution < -0.4 is 9.47 Å². The molecule has 40 heavy (non-hydrogen) atoms. The Balaban J connectivity index is 1.16. The monoisotopic (exact) mass is 534 g/mol. The first-order chi connectivity index (χ1) is 19.5. The number of amides is 2. The molecule has 0 radical (unpaired) electrons. The van der Waals surface area contributed by atoms with Gasteiger partial charge in [-0.25, -0.2) is 0 Å². The van der Waals surface area contributed by atoms with Gasteiger partial charge in [0, 0.05) is 26.9 Å². The summed E-state index contributed by atoms with van der Waals surface area (Å²) in [7, 11) is 3.45. The fourth-order valence-corrected chi connectivity index (χ4v) is 4.93. The van der Waals surface area contributed by atoms with Gasteiger partial charge in [-0.15, -0.1) is 0 Å². The predicted molar refractivity (Wildman–Crippen MR) is 155 cm³/mol. The Labute approximate surface area is 235 Å². The second kappa shape index (κ2) is 12.5. The zero-order valence-corrected chi connectivity index (χ0v) is 22.9. The van der Waals surface area contributed by atoms with Crippen LogP contribution in [-0.2, 0) is 35.6 Å². The molecule has 0 aromatic heterocycles. The SMILES string of the molecule is CN1C(=O)[C@H](Cc2ccc(OCc3ccccc3)cc2)N(C)C(=O)[C@@H]1Cc1ccc(OCc2ccccc2)cc1. The number of likely N-dealkylation sites (N-methyl/N-ethyl adjacent to an activating group) is 2. The van der Waals surface area contributed by atoms with Crippen LogP contribution in [0.5, 0.6) is 11.5 Å². The lowest BCUT2D eigenvalue weighted by atomic mass is 9.95. The normalized spacial score (nSPS) is 17.1. The molecule has 204 valence electrons. The van der Waals surface area contributed by atoms with Crippen molar-refractivity contribution in [3.8, 4) is 11.5 Å². The van der Waals surface area contributed by atoms with Gasteiger partial charge in [-0.2, -0.15) is 0 Å². The Morgan fingerprint density at radius 3 is 1.20 bits per heavy atom. The molecular weight excluding hydrogens is 500 g/mol. The first kappa shape index (κ1) is 27.0. The van der Waals surface area contributed by atoms with Gasteiger partial charge in [-0.3, -0.25) is 9.59 Å². The van der Waals surface area contributed by atoms with Gasteiger partial charge in [-0.05, 0) is 46.5 Å². The minimum Gasteiger partial charge on any atom is -0.489 e. The van der Waals surface area contributed by atoms with Crippen LogP contribution in [0.4, 0.5) is 0 Å². The molecular formula is C34H34N2O4. The lowest BCUT2D eigenvalue weighted by Gasteiger charge is -2.42. The largest absolute Gasteiger partial charge is 0.489 e. The molecule has 1 aliphatic heterocycles. The summed E-state index contributed by atoms with van der Waals surface area (Å²) in [5, 5.41) is 0. The molecule has 6 heteroatoms. The van der Waals surface area contributed by atoms with Crippen molar-refractivity contribution in [2.45, 2.75) is 38.1 Å². The van der Waals surface area contributed by atoms with Crippen molar-refractivity contribution >= 4 is 11.8 Å². The standard InChI is InChI=1S/C34H34N2O4/c1-35-31(21-25-13-17-29(18-14-25)39-23-27-9-5-3-6-10-27)34(38)36(2)32(33(35)37)22-26-15-19-30(20-16-26)40-24-28-11-7-4-8-12-28/h3-20,31-32H,21-24H2,1-2H3/t31-,32-/m0/s1. The molecule has 4 aromatic carbocycles. The number of ether oxygens (including phenoxy) is 2. The number of carbonyl (C=O) groups excluding carboxylic acids is 2. The van der Waals surface area contributed by atoms with Crippen molar-refractivity contribution in [1.82, 2.24) is 9.80 Å². The van der Waals surface area contributed by atoms with Crippen LogP contribution in [0.1, 0.15) is 22.3 Å². The van der Waals surface area contributed by atoms with Gasteiger partial charge in [-0.1, -0.05) is 84.9 Å². The van der Waals surface area contributed by atoms with E-state index in [-0.39, 0.29) is 11.8 Å². The average molecular weight is 535 g/mol. The van der Waals surface area contributed by atoms with Crippen molar-refractivity contribution in [2.75, 3.05) is 14.1 Å². The van der Waals surface area contributed by atoms with E-state index in [1.807, 2.05) is 109 Å². The summed E-state index contributed by atoms with van der Waals surface area (Å²) in [6.45, 7) is 0.988. The third-order valence-electron chi connectivity index (χ3n) is 7.40. The van der Waals surface area contributed by atoms with Gasteiger partial charge in [0.25, 0.3) is 0 Å². The minimum absolute atomic E-state index is 0.0562. The van der Waals surface area contributed by atoms with Crippen LogP contribution in [0.2, 0.25) is 0 Å². The van der Waals surface area contributed by atoms with E-state index in [2.05, 4.69) is 0 Å². The smallest absolute Gasteiger partial charge is 0.246 e. The van der Waals surface area contributed by atoms with E-state index >= 15 is 0 Å². The number of piperazine rings is 1. The molecule has 1 saturated heterocycles. The highest BCUT2D eigenvalue weighted by molar-refractivity contribution is 5.97. The van der Waals surface area contributed by atoms with E-state index in [9.17, 15) is 9.59 Å². The molecule has 4 aromatic rings. The van der Waals surface area contributed by atoms with Gasteiger partial charge in [0.2, 0.25) is 11.8 Å². The fourth-order valence-electron chi connectivity index (χ4n) is 4.93. The molecule has 1 heterocycles. The number of hydrogen-bond donors (Lipinski definition) is 0. The molecule has 1 aliphatic rings. The summed E-state index contributed by atoms with van der Waals surface area (Å²) in [4.78, 5) is 30.0. The van der Waals surface area contributed by atoms with E-state index in [1.165, 1.54) is 0 Å². The first-order valence-electron chi connectivity index (χ1n) is 13.5. The topological polar surface area (TPSA) is 59.1 Å². The quantitative estimate of drug-likeness (QED) is 0.277. The van der Waals surface area contributed by atoms with Gasteiger partial charge in [0.15, 0.2) is 0 Å². The molecule has 2 atom stereocenters. The van der Waals surface area contributed by atoms with Crippen LogP contribution in [0.25, 0.3) is 0 Å². The summed E-state index contributed by atoms with van der Waals surface area (Å²) in [5.41, 5.74) is 4.15. The average Bonchev–Trinajstić information content (AvgIpc) is 3.00. The second-order valence-electron chi connectivity index (χ2n) is 10.2. The highest BCUT2D eigenvalue weighted by atomic mass is 16.5. The van der Waals surface area contributed by atoms with Gasteiger partial charge < -0.3 is 19.3 Å². The molecule has 1 fully saturated rings. The van der Waals surface area contributed by atoms with Gasteiger partial charge in [0.1, 0.15) is 36.8 Å². The first-order valence-corrected chi connectivity index (χ1v) is 13.5. The molecule has 0 saturated carbocycles. The third-order valence-corrected chi connectivity index (χ3v) is 7.40. The van der Waals surface area contributed by atoms with Crippen molar-refractivity contribution in [2.24, 2.45) is 0 Å². The number of benzene rings is 4. The minimum atomic E-state index is -0.543. The predicted octanol–water partition coefficient (Wildman–Crippen LogP) is 5.30. The van der Waals surface area contributed by atoms with Crippen LogP contribution in [0, 0.1) is 0 Å². The van der Waals surface area contributed by atoms with Crippen molar-refractivity contribution < 1.29 is 19.1 Å².